The Labute approximate surface area is 83.9 Å². The molecule has 0 unspecified atom stereocenters. The summed E-state index contributed by atoms with van der Waals surface area (Å²) in [6.45, 7) is 2.94. The molecular formula is C10H16N4. The molecule has 0 amide bonds. The predicted molar refractivity (Wildman–Crippen MR) is 56.0 cm³/mol. The van der Waals surface area contributed by atoms with E-state index < -0.39 is 0 Å². The molecule has 1 heterocycles. The minimum Gasteiger partial charge on any atom is -0.370 e. The van der Waals surface area contributed by atoms with Crippen molar-refractivity contribution >= 4 is 5.82 Å². The van der Waals surface area contributed by atoms with Gasteiger partial charge in [0.05, 0.1) is 0 Å². The van der Waals surface area contributed by atoms with Crippen LogP contribution < -0.4 is 11.1 Å². The normalized spacial score (nSPS) is 25.6. The highest BCUT2D eigenvalue weighted by atomic mass is 15.0. The summed E-state index contributed by atoms with van der Waals surface area (Å²) in [6.07, 6.45) is 3.86. The first-order valence-corrected chi connectivity index (χ1v) is 5.02. The first-order chi connectivity index (χ1) is 6.74. The predicted octanol–water partition coefficient (Wildman–Crippen LogP) is 0.934. The summed E-state index contributed by atoms with van der Waals surface area (Å²) >= 11 is 0. The zero-order valence-corrected chi connectivity index (χ0v) is 8.40. The molecule has 1 fully saturated rings. The summed E-state index contributed by atoms with van der Waals surface area (Å²) in [4.78, 5) is 8.18. The quantitative estimate of drug-likeness (QED) is 0.748. The number of aromatic nitrogens is 2. The fourth-order valence-electron chi connectivity index (χ4n) is 1.75. The third-order valence-corrected chi connectivity index (χ3v) is 2.65. The van der Waals surface area contributed by atoms with Crippen LogP contribution >= 0.6 is 0 Å². The van der Waals surface area contributed by atoms with Gasteiger partial charge in [-0.3, -0.25) is 0 Å². The lowest BCUT2D eigenvalue weighted by molar-refractivity contribution is 0.280. The van der Waals surface area contributed by atoms with Crippen LogP contribution in [0.3, 0.4) is 0 Å². The van der Waals surface area contributed by atoms with Crippen LogP contribution in [0.15, 0.2) is 12.4 Å². The summed E-state index contributed by atoms with van der Waals surface area (Å²) < 4.78 is 0. The second-order valence-corrected chi connectivity index (χ2v) is 4.02. The molecule has 1 aliphatic rings. The van der Waals surface area contributed by atoms with E-state index in [1.807, 2.05) is 13.0 Å². The van der Waals surface area contributed by atoms with Gasteiger partial charge in [-0.2, -0.15) is 0 Å². The zero-order chi connectivity index (χ0) is 9.97. The number of nitrogens with zero attached hydrogens (tertiary/aromatic N) is 2. The lowest BCUT2D eigenvalue weighted by atomic mass is 9.81. The van der Waals surface area contributed by atoms with E-state index in [9.17, 15) is 0 Å². The number of nitrogens with two attached hydrogens (primary N) is 1. The Bertz CT molecular complexity index is 307. The van der Waals surface area contributed by atoms with E-state index in [-0.39, 0.29) is 0 Å². The fourth-order valence-corrected chi connectivity index (χ4v) is 1.75. The summed E-state index contributed by atoms with van der Waals surface area (Å²) in [5.74, 6) is 1.64. The highest BCUT2D eigenvalue weighted by Gasteiger charge is 2.25. The molecule has 4 heteroatoms. The van der Waals surface area contributed by atoms with Crippen LogP contribution in [0.25, 0.3) is 0 Å². The zero-order valence-electron chi connectivity index (χ0n) is 8.40. The molecule has 76 valence electrons. The van der Waals surface area contributed by atoms with Gasteiger partial charge in [-0.25, -0.2) is 9.97 Å². The average Bonchev–Trinajstić information content (AvgIpc) is 2.11. The Morgan fingerprint density at radius 3 is 2.93 bits per heavy atom. The summed E-state index contributed by atoms with van der Waals surface area (Å²) in [7, 11) is 0. The molecule has 0 aliphatic heterocycles. The Hall–Kier alpha value is -1.16. The van der Waals surface area contributed by atoms with Crippen LogP contribution in [0.1, 0.15) is 18.5 Å². The number of aryl methyl sites for hydroxylation is 1. The van der Waals surface area contributed by atoms with Gasteiger partial charge in [0.1, 0.15) is 12.1 Å². The molecule has 0 aromatic carbocycles. The third kappa shape index (κ3) is 2.20. The van der Waals surface area contributed by atoms with Crippen molar-refractivity contribution in [3.05, 3.63) is 18.1 Å². The third-order valence-electron chi connectivity index (χ3n) is 2.65. The van der Waals surface area contributed by atoms with Crippen molar-refractivity contribution in [2.75, 3.05) is 11.9 Å². The topological polar surface area (TPSA) is 63.8 Å². The molecule has 0 saturated heterocycles. The molecule has 14 heavy (non-hydrogen) atoms. The number of hydrogen-bond acceptors (Lipinski definition) is 4. The van der Waals surface area contributed by atoms with Crippen molar-refractivity contribution in [2.45, 2.75) is 25.8 Å². The first kappa shape index (κ1) is 9.40. The maximum absolute atomic E-state index is 5.71. The minimum absolute atomic E-state index is 0.425. The minimum atomic E-state index is 0.425. The second kappa shape index (κ2) is 3.92. The van der Waals surface area contributed by atoms with Crippen molar-refractivity contribution in [1.29, 1.82) is 0 Å². The number of nitrogens with one attached hydrogen (secondary N) is 1. The molecule has 0 spiro atoms. The molecule has 1 saturated carbocycles. The van der Waals surface area contributed by atoms with Gasteiger partial charge in [-0.05, 0) is 25.7 Å². The molecule has 2 rings (SSSR count). The molecule has 0 atom stereocenters. The van der Waals surface area contributed by atoms with Crippen LogP contribution in [0.4, 0.5) is 5.82 Å². The summed E-state index contributed by atoms with van der Waals surface area (Å²) in [6, 6.07) is 2.38. The highest BCUT2D eigenvalue weighted by molar-refractivity contribution is 5.34. The summed E-state index contributed by atoms with van der Waals surface area (Å²) in [5, 5.41) is 3.30. The van der Waals surface area contributed by atoms with Gasteiger partial charge >= 0.3 is 0 Å². The Balaban J connectivity index is 1.80. The molecule has 0 bridgehead atoms. The van der Waals surface area contributed by atoms with Gasteiger partial charge in [0, 0.05) is 24.3 Å². The SMILES string of the molecule is Cc1cc(NCC2CC(N)C2)ncn1. The van der Waals surface area contributed by atoms with E-state index in [1.165, 1.54) is 0 Å². The largest absolute Gasteiger partial charge is 0.370 e. The van der Waals surface area contributed by atoms with Crippen molar-refractivity contribution < 1.29 is 0 Å². The fraction of sp³-hybridized carbons (Fsp3) is 0.600. The van der Waals surface area contributed by atoms with Crippen LogP contribution in [0.5, 0.6) is 0 Å². The monoisotopic (exact) mass is 192 g/mol. The summed E-state index contributed by atoms with van der Waals surface area (Å²) in [5.41, 5.74) is 6.70. The van der Waals surface area contributed by atoms with Crippen molar-refractivity contribution in [1.82, 2.24) is 9.97 Å². The standard InChI is InChI=1S/C10H16N4/c1-7-2-10(14-6-13-7)12-5-8-3-9(11)4-8/h2,6,8-9H,3-5,11H2,1H3,(H,12,13,14). The van der Waals surface area contributed by atoms with Crippen LogP contribution in [-0.2, 0) is 0 Å². The van der Waals surface area contributed by atoms with Crippen LogP contribution in [0, 0.1) is 12.8 Å². The molecule has 0 radical (unpaired) electrons. The van der Waals surface area contributed by atoms with Crippen molar-refractivity contribution in [2.24, 2.45) is 11.7 Å². The van der Waals surface area contributed by atoms with Gasteiger partial charge in [0.15, 0.2) is 0 Å². The lowest BCUT2D eigenvalue weighted by Crippen LogP contribution is -2.39. The lowest BCUT2D eigenvalue weighted by Gasteiger charge is -2.32. The van der Waals surface area contributed by atoms with Crippen molar-refractivity contribution in [3.8, 4) is 0 Å². The molecule has 1 aromatic heterocycles. The maximum Gasteiger partial charge on any atom is 0.129 e. The molecule has 1 aliphatic carbocycles. The molecule has 4 nitrogen and oxygen atoms in total. The van der Waals surface area contributed by atoms with Gasteiger partial charge in [-0.15, -0.1) is 0 Å². The Morgan fingerprint density at radius 2 is 2.29 bits per heavy atom. The van der Waals surface area contributed by atoms with Crippen LogP contribution in [0.2, 0.25) is 0 Å². The molecule has 1 aromatic rings. The number of rotatable bonds is 3. The van der Waals surface area contributed by atoms with E-state index in [1.54, 1.807) is 6.33 Å². The van der Waals surface area contributed by atoms with E-state index in [0.717, 1.165) is 36.8 Å². The van der Waals surface area contributed by atoms with E-state index in [0.29, 0.717) is 6.04 Å². The van der Waals surface area contributed by atoms with Crippen LogP contribution in [-0.4, -0.2) is 22.6 Å². The Morgan fingerprint density at radius 1 is 1.50 bits per heavy atom. The average molecular weight is 192 g/mol. The number of hydrogen-bond donors (Lipinski definition) is 2. The van der Waals surface area contributed by atoms with E-state index >= 15 is 0 Å². The second-order valence-electron chi connectivity index (χ2n) is 4.02. The maximum atomic E-state index is 5.71. The van der Waals surface area contributed by atoms with Gasteiger partial charge < -0.3 is 11.1 Å². The first-order valence-electron chi connectivity index (χ1n) is 5.02. The molecular weight excluding hydrogens is 176 g/mol. The van der Waals surface area contributed by atoms with E-state index in [4.69, 9.17) is 5.73 Å². The van der Waals surface area contributed by atoms with Gasteiger partial charge in [0.2, 0.25) is 0 Å². The molecule has 3 N–H and O–H groups in total. The Kier molecular flexibility index (Phi) is 2.63. The van der Waals surface area contributed by atoms with Gasteiger partial charge in [-0.1, -0.05) is 0 Å². The van der Waals surface area contributed by atoms with Gasteiger partial charge in [0.25, 0.3) is 0 Å². The number of anilines is 1. The van der Waals surface area contributed by atoms with Crippen molar-refractivity contribution in [3.63, 3.8) is 0 Å². The smallest absolute Gasteiger partial charge is 0.129 e. The highest BCUT2D eigenvalue weighted by Crippen LogP contribution is 2.25. The van der Waals surface area contributed by atoms with E-state index in [2.05, 4.69) is 15.3 Å².